The molecule has 0 saturated carbocycles. The van der Waals surface area contributed by atoms with Gasteiger partial charge in [0, 0.05) is 35.6 Å². The molecule has 0 amide bonds. The monoisotopic (exact) mass is 225 g/mol. The molecular formula is CH3LaLiO4. The summed E-state index contributed by atoms with van der Waals surface area (Å²) < 4.78 is 0. The molecule has 1 fully saturated rings. The Balaban J connectivity index is -0.0000000833. The summed E-state index contributed by atoms with van der Waals surface area (Å²) in [6, 6.07) is 0. The number of aliphatic hydroxyl groups is 2. The summed E-state index contributed by atoms with van der Waals surface area (Å²) in [5.41, 5.74) is 0. The van der Waals surface area contributed by atoms with Crippen LogP contribution >= 0.6 is 0 Å². The first kappa shape index (κ1) is 11.4. The summed E-state index contributed by atoms with van der Waals surface area (Å²) >= 11 is 0. The summed E-state index contributed by atoms with van der Waals surface area (Å²) in [5, 5.41) is 15.5. The molecule has 1 aliphatic rings. The topological polar surface area (TPSA) is 65.5 Å². The van der Waals surface area contributed by atoms with Crippen molar-refractivity contribution in [2.24, 2.45) is 0 Å². The molecule has 1 rings (SSSR count). The number of hydrogen-bond donors (Lipinski definition) is 2. The molecule has 35 valence electrons. The van der Waals surface area contributed by atoms with E-state index >= 15 is 0 Å². The van der Waals surface area contributed by atoms with Crippen molar-refractivity contribution in [3.8, 4) is 0 Å². The predicted octanol–water partition coefficient (Wildman–Crippen LogP) is -4.34. The van der Waals surface area contributed by atoms with Gasteiger partial charge >= 0.3 is 25.0 Å². The van der Waals surface area contributed by atoms with E-state index in [1.54, 1.807) is 0 Å². The second kappa shape index (κ2) is 3.62. The van der Waals surface area contributed by atoms with Crippen LogP contribution in [0.3, 0.4) is 0 Å². The molecule has 4 nitrogen and oxygen atoms in total. The molecule has 0 aliphatic carbocycles. The molecule has 0 bridgehead atoms. The molecular weight excluding hydrogens is 222 g/mol. The van der Waals surface area contributed by atoms with Crippen LogP contribution in [-0.4, -0.2) is 16.4 Å². The van der Waals surface area contributed by atoms with Gasteiger partial charge in [0.2, 0.25) is 0 Å². The third-order valence-corrected chi connectivity index (χ3v) is 0.232. The van der Waals surface area contributed by atoms with Gasteiger partial charge in [0.1, 0.15) is 0 Å². The minimum Gasteiger partial charge on any atom is -1.00 e. The fourth-order valence-corrected chi connectivity index (χ4v) is 0.0373. The minimum atomic E-state index is -2.25. The van der Waals surface area contributed by atoms with Gasteiger partial charge in [-0.2, -0.15) is 0 Å². The van der Waals surface area contributed by atoms with Gasteiger partial charge in [0.15, 0.2) is 0 Å². The first-order valence-corrected chi connectivity index (χ1v) is 1.02. The largest absolute Gasteiger partial charge is 1.00 e. The van der Waals surface area contributed by atoms with Crippen LogP contribution in [-0.2, 0) is 9.78 Å². The van der Waals surface area contributed by atoms with Crippen LogP contribution in [0.1, 0.15) is 1.43 Å². The molecule has 2 N–H and O–H groups in total. The van der Waals surface area contributed by atoms with Crippen molar-refractivity contribution in [2.45, 2.75) is 6.16 Å². The van der Waals surface area contributed by atoms with Crippen molar-refractivity contribution in [2.75, 3.05) is 0 Å². The normalized spacial score (nSPS) is 21.4. The van der Waals surface area contributed by atoms with E-state index in [9.17, 15) is 0 Å². The molecule has 0 aromatic rings. The quantitative estimate of drug-likeness (QED) is 0.189. The van der Waals surface area contributed by atoms with Gasteiger partial charge in [0.25, 0.3) is 0 Å². The summed E-state index contributed by atoms with van der Waals surface area (Å²) in [5.74, 6) is 0. The van der Waals surface area contributed by atoms with Crippen LogP contribution in [0.5, 0.6) is 0 Å². The summed E-state index contributed by atoms with van der Waals surface area (Å²) in [4.78, 5) is 7.01. The standard InChI is InChI=1S/CH2O4.La.Li.H/c2-1(3)4-5-1;;;/h2-3H;;;/q;;+1;-1. The fourth-order valence-electron chi connectivity index (χ4n) is 0.0373. The first-order valence-electron chi connectivity index (χ1n) is 1.02. The Labute approximate surface area is 81.4 Å². The van der Waals surface area contributed by atoms with E-state index < -0.39 is 6.16 Å². The number of hydrogen-bond acceptors (Lipinski definition) is 4. The summed E-state index contributed by atoms with van der Waals surface area (Å²) in [6.45, 7) is 0. The van der Waals surface area contributed by atoms with Gasteiger partial charge in [-0.25, -0.2) is 0 Å². The molecule has 1 heterocycles. The zero-order chi connectivity index (χ0) is 3.91. The molecule has 1 aliphatic heterocycles. The van der Waals surface area contributed by atoms with E-state index in [-0.39, 0.29) is 55.9 Å². The van der Waals surface area contributed by atoms with Gasteiger partial charge < -0.3 is 11.6 Å². The predicted molar refractivity (Wildman–Crippen MR) is 10.5 cm³/mol. The van der Waals surface area contributed by atoms with E-state index in [2.05, 4.69) is 9.78 Å². The maximum atomic E-state index is 7.74. The smallest absolute Gasteiger partial charge is 1.00 e. The molecule has 1 radical (unpaired) electrons. The summed E-state index contributed by atoms with van der Waals surface area (Å²) in [6.07, 6.45) is -2.25. The molecule has 0 aromatic heterocycles. The van der Waals surface area contributed by atoms with Crippen molar-refractivity contribution in [3.05, 3.63) is 0 Å². The average molecular weight is 225 g/mol. The van der Waals surface area contributed by atoms with Crippen LogP contribution in [0.15, 0.2) is 0 Å². The Kier molecular flexibility index (Phi) is 5.91. The van der Waals surface area contributed by atoms with Crippen LogP contribution in [0.4, 0.5) is 0 Å². The molecule has 0 atom stereocenters. The SMILES string of the molecule is OC1(O)OO1.[H-].[La].[Li+]. The average Bonchev–Trinajstić information content (AvgIpc) is 1.76. The third kappa shape index (κ3) is 5.50. The Morgan fingerprint density at radius 1 is 1.29 bits per heavy atom. The van der Waals surface area contributed by atoms with Crippen molar-refractivity contribution >= 4 is 0 Å². The molecule has 0 spiro atoms. The maximum Gasteiger partial charge on any atom is 1.00 e. The fraction of sp³-hybridized carbons (Fsp3) is 1.00. The zero-order valence-corrected chi connectivity index (χ0v) is 7.41. The van der Waals surface area contributed by atoms with E-state index in [4.69, 9.17) is 10.2 Å². The van der Waals surface area contributed by atoms with Gasteiger partial charge in [-0.05, 0) is 0 Å². The van der Waals surface area contributed by atoms with Crippen molar-refractivity contribution in [1.82, 2.24) is 0 Å². The Morgan fingerprint density at radius 3 is 1.43 bits per heavy atom. The Bertz CT molecular complexity index is 54.0. The van der Waals surface area contributed by atoms with Gasteiger partial charge in [-0.15, -0.1) is 9.78 Å². The molecule has 6 heteroatoms. The Hall–Kier alpha value is 1.63. The minimum absolute atomic E-state index is 0. The zero-order valence-electron chi connectivity index (χ0n) is 4.79. The van der Waals surface area contributed by atoms with Crippen molar-refractivity contribution in [3.63, 3.8) is 0 Å². The third-order valence-electron chi connectivity index (χ3n) is 0.232. The van der Waals surface area contributed by atoms with Crippen molar-refractivity contribution in [1.29, 1.82) is 0 Å². The van der Waals surface area contributed by atoms with Crippen LogP contribution in [0, 0.1) is 35.6 Å². The summed E-state index contributed by atoms with van der Waals surface area (Å²) in [7, 11) is 0. The second-order valence-electron chi connectivity index (χ2n) is 0.715. The molecule has 0 aromatic carbocycles. The van der Waals surface area contributed by atoms with Gasteiger partial charge in [0.05, 0.1) is 0 Å². The molecule has 0 unspecified atom stereocenters. The first-order chi connectivity index (χ1) is 2.21. The van der Waals surface area contributed by atoms with Crippen LogP contribution < -0.4 is 18.9 Å². The Morgan fingerprint density at radius 2 is 1.43 bits per heavy atom. The second-order valence-corrected chi connectivity index (χ2v) is 0.715. The van der Waals surface area contributed by atoms with E-state index in [0.717, 1.165) is 0 Å². The van der Waals surface area contributed by atoms with Crippen LogP contribution in [0.2, 0.25) is 0 Å². The van der Waals surface area contributed by atoms with Gasteiger partial charge in [-0.1, -0.05) is 0 Å². The van der Waals surface area contributed by atoms with Crippen molar-refractivity contribution < 1.29 is 75.9 Å². The maximum absolute atomic E-state index is 7.74. The number of rotatable bonds is 0. The van der Waals surface area contributed by atoms with Gasteiger partial charge in [-0.3, -0.25) is 0 Å². The van der Waals surface area contributed by atoms with E-state index in [0.29, 0.717) is 0 Å². The van der Waals surface area contributed by atoms with Crippen LogP contribution in [0.25, 0.3) is 0 Å². The molecule has 7 heavy (non-hydrogen) atoms. The van der Waals surface area contributed by atoms with E-state index in [1.807, 2.05) is 0 Å². The molecule has 1 saturated heterocycles. The van der Waals surface area contributed by atoms with E-state index in [1.165, 1.54) is 0 Å².